The molecule has 1 heterocycles. The van der Waals surface area contributed by atoms with Gasteiger partial charge in [-0.25, -0.2) is 4.79 Å². The fourth-order valence-electron chi connectivity index (χ4n) is 2.41. The second kappa shape index (κ2) is 5.88. The number of anilines is 1. The van der Waals surface area contributed by atoms with E-state index in [0.29, 0.717) is 17.1 Å². The van der Waals surface area contributed by atoms with Crippen LogP contribution < -0.4 is 14.8 Å². The first-order chi connectivity index (χ1) is 10.6. The summed E-state index contributed by atoms with van der Waals surface area (Å²) in [7, 11) is 3.03. The fraction of sp³-hybridized carbons (Fsp3) is 0.188. The van der Waals surface area contributed by atoms with E-state index in [1.165, 1.54) is 14.2 Å². The number of hydrogen-bond donors (Lipinski definition) is 1. The van der Waals surface area contributed by atoms with Gasteiger partial charge in [0, 0.05) is 15.7 Å². The lowest BCUT2D eigenvalue weighted by Gasteiger charge is -2.15. The Morgan fingerprint density at radius 1 is 1.09 bits per heavy atom. The number of carbonyl (C=O) groups excluding carboxylic acids is 1. The van der Waals surface area contributed by atoms with E-state index in [0.717, 1.165) is 15.7 Å². The monoisotopic (exact) mass is 363 g/mol. The van der Waals surface area contributed by atoms with Gasteiger partial charge in [-0.2, -0.15) is 0 Å². The molecule has 1 N–H and O–H groups in total. The van der Waals surface area contributed by atoms with E-state index in [-0.39, 0.29) is 0 Å². The number of carbonyl (C=O) groups is 1. The van der Waals surface area contributed by atoms with E-state index in [9.17, 15) is 4.79 Å². The van der Waals surface area contributed by atoms with Crippen LogP contribution in [0.15, 0.2) is 40.9 Å². The van der Waals surface area contributed by atoms with Gasteiger partial charge >= 0.3 is 5.97 Å². The predicted octanol–water partition coefficient (Wildman–Crippen LogP) is 3.75. The maximum Gasteiger partial charge on any atom is 0.344 e. The first kappa shape index (κ1) is 14.7. The molecular weight excluding hydrogens is 350 g/mol. The third kappa shape index (κ3) is 2.50. The van der Waals surface area contributed by atoms with E-state index in [4.69, 9.17) is 14.2 Å². The molecule has 0 saturated carbocycles. The summed E-state index contributed by atoms with van der Waals surface area (Å²) >= 11 is 3.38. The van der Waals surface area contributed by atoms with Crippen molar-refractivity contribution in [2.24, 2.45) is 0 Å². The smallest absolute Gasteiger partial charge is 0.344 e. The van der Waals surface area contributed by atoms with Gasteiger partial charge in [0.25, 0.3) is 0 Å². The van der Waals surface area contributed by atoms with Crippen LogP contribution >= 0.6 is 15.9 Å². The van der Waals surface area contributed by atoms with Crippen LogP contribution in [0.5, 0.6) is 11.5 Å². The first-order valence-corrected chi connectivity index (χ1v) is 7.41. The highest BCUT2D eigenvalue weighted by Crippen LogP contribution is 2.42. The Hall–Kier alpha value is -2.21. The topological polar surface area (TPSA) is 56.8 Å². The molecule has 1 aliphatic heterocycles. The second-order valence-electron chi connectivity index (χ2n) is 4.70. The summed E-state index contributed by atoms with van der Waals surface area (Å²) in [6.45, 7) is 0. The molecule has 0 radical (unpaired) electrons. The number of hydrogen-bond acceptors (Lipinski definition) is 5. The SMILES string of the molecule is COc1ccc2c(c1OC)C(=O)OC2Nc1ccc(Br)cc1. The normalized spacial score (nSPS) is 16.0. The van der Waals surface area contributed by atoms with E-state index in [2.05, 4.69) is 21.2 Å². The average Bonchev–Trinajstić information content (AvgIpc) is 2.85. The van der Waals surface area contributed by atoms with Crippen LogP contribution in [0.3, 0.4) is 0 Å². The number of rotatable bonds is 4. The minimum absolute atomic E-state index is 0.394. The van der Waals surface area contributed by atoms with Crippen LogP contribution in [0.25, 0.3) is 0 Å². The van der Waals surface area contributed by atoms with Gasteiger partial charge in [0.1, 0.15) is 5.56 Å². The molecule has 2 aromatic rings. The number of ether oxygens (including phenoxy) is 3. The second-order valence-corrected chi connectivity index (χ2v) is 5.62. The molecule has 0 fully saturated rings. The van der Waals surface area contributed by atoms with Crippen LogP contribution in [0.4, 0.5) is 5.69 Å². The number of nitrogens with one attached hydrogen (secondary N) is 1. The molecule has 1 aliphatic rings. The number of methoxy groups -OCH3 is 2. The highest BCUT2D eigenvalue weighted by molar-refractivity contribution is 9.10. The largest absolute Gasteiger partial charge is 0.493 e. The molecule has 0 amide bonds. The zero-order valence-electron chi connectivity index (χ0n) is 12.1. The van der Waals surface area contributed by atoms with Gasteiger partial charge in [-0.3, -0.25) is 0 Å². The van der Waals surface area contributed by atoms with Crippen LogP contribution in [0.1, 0.15) is 22.1 Å². The van der Waals surface area contributed by atoms with Crippen LogP contribution in [0.2, 0.25) is 0 Å². The van der Waals surface area contributed by atoms with E-state index in [1.807, 2.05) is 24.3 Å². The third-order valence-electron chi connectivity index (χ3n) is 3.43. The number of cyclic esters (lactones) is 1. The lowest BCUT2D eigenvalue weighted by molar-refractivity contribution is 0.0435. The summed E-state index contributed by atoms with van der Waals surface area (Å²) in [6.07, 6.45) is -0.552. The standard InChI is InChI=1S/C16H14BrNO4/c1-20-12-8-7-11-13(14(12)21-2)16(19)22-15(11)18-10-5-3-9(17)4-6-10/h3-8,15,18H,1-2H3. The van der Waals surface area contributed by atoms with Crippen molar-refractivity contribution in [3.05, 3.63) is 52.0 Å². The maximum absolute atomic E-state index is 12.2. The van der Waals surface area contributed by atoms with Crippen molar-refractivity contribution in [1.29, 1.82) is 0 Å². The quantitative estimate of drug-likeness (QED) is 0.838. The van der Waals surface area contributed by atoms with Gasteiger partial charge < -0.3 is 19.5 Å². The molecular formula is C16H14BrNO4. The Kier molecular flexibility index (Phi) is 3.94. The van der Waals surface area contributed by atoms with Crippen LogP contribution in [-0.4, -0.2) is 20.2 Å². The Balaban J connectivity index is 1.96. The molecule has 6 heteroatoms. The molecule has 1 atom stereocenters. The van der Waals surface area contributed by atoms with Crippen LogP contribution in [0, 0.1) is 0 Å². The molecule has 2 aromatic carbocycles. The molecule has 22 heavy (non-hydrogen) atoms. The number of benzene rings is 2. The fourth-order valence-corrected chi connectivity index (χ4v) is 2.67. The van der Waals surface area contributed by atoms with Gasteiger partial charge in [-0.05, 0) is 36.4 Å². The van der Waals surface area contributed by atoms with Gasteiger partial charge in [-0.15, -0.1) is 0 Å². The highest BCUT2D eigenvalue weighted by atomic mass is 79.9. The average molecular weight is 364 g/mol. The van der Waals surface area contributed by atoms with Gasteiger partial charge in [-0.1, -0.05) is 15.9 Å². The van der Waals surface area contributed by atoms with E-state index in [1.54, 1.807) is 12.1 Å². The molecule has 0 aliphatic carbocycles. The molecule has 1 unspecified atom stereocenters. The third-order valence-corrected chi connectivity index (χ3v) is 3.96. The summed E-state index contributed by atoms with van der Waals surface area (Å²) in [4.78, 5) is 12.2. The highest BCUT2D eigenvalue weighted by Gasteiger charge is 2.35. The summed E-state index contributed by atoms with van der Waals surface area (Å²) in [5.41, 5.74) is 1.98. The summed E-state index contributed by atoms with van der Waals surface area (Å²) in [6, 6.07) is 11.2. The van der Waals surface area contributed by atoms with Crippen molar-refractivity contribution >= 4 is 27.6 Å². The minimum Gasteiger partial charge on any atom is -0.493 e. The van der Waals surface area contributed by atoms with Crippen LogP contribution in [-0.2, 0) is 4.74 Å². The van der Waals surface area contributed by atoms with Crippen molar-refractivity contribution in [3.63, 3.8) is 0 Å². The Bertz CT molecular complexity index is 715. The lowest BCUT2D eigenvalue weighted by atomic mass is 10.1. The lowest BCUT2D eigenvalue weighted by Crippen LogP contribution is -2.10. The Morgan fingerprint density at radius 2 is 1.82 bits per heavy atom. The molecule has 5 nitrogen and oxygen atoms in total. The molecule has 3 rings (SSSR count). The van der Waals surface area contributed by atoms with Crippen molar-refractivity contribution < 1.29 is 19.0 Å². The van der Waals surface area contributed by atoms with Crippen molar-refractivity contribution in [3.8, 4) is 11.5 Å². The maximum atomic E-state index is 12.2. The molecule has 114 valence electrons. The Morgan fingerprint density at radius 3 is 2.45 bits per heavy atom. The summed E-state index contributed by atoms with van der Waals surface area (Å²) < 4.78 is 16.9. The molecule has 0 aromatic heterocycles. The van der Waals surface area contributed by atoms with E-state index < -0.39 is 12.2 Å². The van der Waals surface area contributed by atoms with Crippen molar-refractivity contribution in [1.82, 2.24) is 0 Å². The summed E-state index contributed by atoms with van der Waals surface area (Å²) in [5.74, 6) is 0.466. The zero-order valence-corrected chi connectivity index (χ0v) is 13.6. The summed E-state index contributed by atoms with van der Waals surface area (Å²) in [5, 5.41) is 3.18. The number of fused-ring (bicyclic) bond motifs is 1. The van der Waals surface area contributed by atoms with E-state index >= 15 is 0 Å². The van der Waals surface area contributed by atoms with Gasteiger partial charge in [0.05, 0.1) is 14.2 Å². The van der Waals surface area contributed by atoms with Crippen molar-refractivity contribution in [2.45, 2.75) is 6.23 Å². The number of esters is 1. The molecule has 0 spiro atoms. The molecule has 0 saturated heterocycles. The van der Waals surface area contributed by atoms with Gasteiger partial charge in [0.15, 0.2) is 11.5 Å². The zero-order chi connectivity index (χ0) is 15.7. The predicted molar refractivity (Wildman–Crippen MR) is 85.5 cm³/mol. The van der Waals surface area contributed by atoms with Gasteiger partial charge in [0.2, 0.25) is 6.23 Å². The first-order valence-electron chi connectivity index (χ1n) is 6.62. The number of halogens is 1. The minimum atomic E-state index is -0.552. The van der Waals surface area contributed by atoms with Crippen molar-refractivity contribution in [2.75, 3.05) is 19.5 Å². The Labute approximate surface area is 136 Å². The molecule has 0 bridgehead atoms.